The average Bonchev–Trinajstić information content (AvgIpc) is 2.39. The third kappa shape index (κ3) is 2.32. The van der Waals surface area contributed by atoms with E-state index in [0.717, 1.165) is 18.6 Å². The highest BCUT2D eigenvalue weighted by atomic mass is 16.5. The number of ether oxygens (including phenoxy) is 1. The molecule has 2 atom stereocenters. The number of hydrogen-bond acceptors (Lipinski definition) is 2. The van der Waals surface area contributed by atoms with E-state index in [4.69, 9.17) is 4.74 Å². The molecule has 0 amide bonds. The van der Waals surface area contributed by atoms with Gasteiger partial charge in [0.2, 0.25) is 0 Å². The summed E-state index contributed by atoms with van der Waals surface area (Å²) in [6, 6.07) is 0. The Hall–Kier alpha value is -1.57. The number of ketones is 1. The van der Waals surface area contributed by atoms with Crippen molar-refractivity contribution in [2.75, 3.05) is 7.11 Å². The number of hydrogen-bond donors (Lipinski definition) is 0. The van der Waals surface area contributed by atoms with E-state index < -0.39 is 0 Å². The lowest BCUT2D eigenvalue weighted by Crippen LogP contribution is -2.22. The van der Waals surface area contributed by atoms with E-state index in [2.05, 4.69) is 0 Å². The molecular weight excluding hydrogens is 200 g/mol. The third-order valence-corrected chi connectivity index (χ3v) is 3.01. The Kier molecular flexibility index (Phi) is 3.40. The molecule has 0 aliphatic heterocycles. The summed E-state index contributed by atoms with van der Waals surface area (Å²) in [6.07, 6.45) is 15.4. The molecule has 0 aromatic heterocycles. The van der Waals surface area contributed by atoms with Crippen LogP contribution < -0.4 is 0 Å². The van der Waals surface area contributed by atoms with Crippen LogP contribution in [0.3, 0.4) is 0 Å². The van der Waals surface area contributed by atoms with Gasteiger partial charge < -0.3 is 4.74 Å². The van der Waals surface area contributed by atoms with Crippen LogP contribution in [0.5, 0.6) is 0 Å². The van der Waals surface area contributed by atoms with Crippen molar-refractivity contribution in [3.05, 3.63) is 48.3 Å². The molecule has 2 aliphatic rings. The first-order valence-electron chi connectivity index (χ1n) is 5.60. The zero-order valence-electron chi connectivity index (χ0n) is 9.43. The molecule has 0 saturated carbocycles. The normalized spacial score (nSPS) is 27.7. The Labute approximate surface area is 96.0 Å². The molecule has 0 N–H and O–H groups in total. The van der Waals surface area contributed by atoms with Crippen molar-refractivity contribution in [2.24, 2.45) is 11.8 Å². The highest BCUT2D eigenvalue weighted by Crippen LogP contribution is 2.24. The Bertz CT molecular complexity index is 386. The van der Waals surface area contributed by atoms with E-state index >= 15 is 0 Å². The standard InChI is InChI=1S/C14H16O2/c1-16-13-9-7-12(8-10-13)14(15)11-5-3-2-4-6-11/h2-5,7,9-12H,6,8H2,1H3. The predicted octanol–water partition coefficient (Wildman–Crippen LogP) is 2.79. The summed E-state index contributed by atoms with van der Waals surface area (Å²) in [6.45, 7) is 0. The van der Waals surface area contributed by atoms with Gasteiger partial charge in [-0.05, 0) is 25.0 Å². The number of rotatable bonds is 3. The van der Waals surface area contributed by atoms with Crippen LogP contribution in [0.15, 0.2) is 48.3 Å². The lowest BCUT2D eigenvalue weighted by molar-refractivity contribution is -0.123. The van der Waals surface area contributed by atoms with Gasteiger partial charge in [-0.25, -0.2) is 0 Å². The molecule has 16 heavy (non-hydrogen) atoms. The summed E-state index contributed by atoms with van der Waals surface area (Å²) in [5.41, 5.74) is 0. The molecule has 0 aromatic rings. The maximum absolute atomic E-state index is 12.1. The molecule has 2 unspecified atom stereocenters. The van der Waals surface area contributed by atoms with Gasteiger partial charge in [0.15, 0.2) is 0 Å². The van der Waals surface area contributed by atoms with Crippen LogP contribution in [0.1, 0.15) is 12.8 Å². The second-order valence-electron chi connectivity index (χ2n) is 4.07. The van der Waals surface area contributed by atoms with Crippen molar-refractivity contribution >= 4 is 5.78 Å². The Morgan fingerprint density at radius 2 is 2.06 bits per heavy atom. The molecule has 2 rings (SSSR count). The van der Waals surface area contributed by atoms with Crippen LogP contribution in [-0.4, -0.2) is 12.9 Å². The third-order valence-electron chi connectivity index (χ3n) is 3.01. The monoisotopic (exact) mass is 216 g/mol. The van der Waals surface area contributed by atoms with Gasteiger partial charge in [-0.1, -0.05) is 30.4 Å². The predicted molar refractivity (Wildman–Crippen MR) is 63.7 cm³/mol. The first-order valence-corrected chi connectivity index (χ1v) is 5.60. The summed E-state index contributed by atoms with van der Waals surface area (Å²) in [4.78, 5) is 12.1. The molecule has 0 bridgehead atoms. The number of Topliss-reactive ketones (excluding diaryl/α,β-unsaturated/α-hetero) is 1. The van der Waals surface area contributed by atoms with Crippen molar-refractivity contribution in [2.45, 2.75) is 12.8 Å². The second-order valence-corrected chi connectivity index (χ2v) is 4.07. The van der Waals surface area contributed by atoms with Gasteiger partial charge >= 0.3 is 0 Å². The fourth-order valence-corrected chi connectivity index (χ4v) is 2.03. The molecule has 2 aliphatic carbocycles. The fourth-order valence-electron chi connectivity index (χ4n) is 2.03. The van der Waals surface area contributed by atoms with Gasteiger partial charge in [0.05, 0.1) is 7.11 Å². The number of allylic oxidation sites excluding steroid dienone is 7. The van der Waals surface area contributed by atoms with E-state index in [1.807, 2.05) is 42.5 Å². The average molecular weight is 216 g/mol. The summed E-state index contributed by atoms with van der Waals surface area (Å²) in [7, 11) is 1.65. The first kappa shape index (κ1) is 10.9. The van der Waals surface area contributed by atoms with Crippen LogP contribution >= 0.6 is 0 Å². The molecule has 0 radical (unpaired) electrons. The molecule has 0 aromatic carbocycles. The van der Waals surface area contributed by atoms with E-state index in [9.17, 15) is 4.79 Å². The minimum absolute atomic E-state index is 0.0139. The first-order chi connectivity index (χ1) is 7.81. The quantitative estimate of drug-likeness (QED) is 0.725. The van der Waals surface area contributed by atoms with E-state index in [0.29, 0.717) is 5.78 Å². The van der Waals surface area contributed by atoms with E-state index in [-0.39, 0.29) is 11.8 Å². The van der Waals surface area contributed by atoms with Gasteiger partial charge in [0, 0.05) is 11.8 Å². The van der Waals surface area contributed by atoms with Crippen molar-refractivity contribution < 1.29 is 9.53 Å². The van der Waals surface area contributed by atoms with E-state index in [1.54, 1.807) is 7.11 Å². The summed E-state index contributed by atoms with van der Waals surface area (Å²) < 4.78 is 5.10. The summed E-state index contributed by atoms with van der Waals surface area (Å²) in [5.74, 6) is 1.23. The molecule has 0 saturated heterocycles. The highest BCUT2D eigenvalue weighted by Gasteiger charge is 2.24. The lowest BCUT2D eigenvalue weighted by atomic mass is 9.85. The van der Waals surface area contributed by atoms with Crippen LogP contribution in [0.4, 0.5) is 0 Å². The van der Waals surface area contributed by atoms with Crippen LogP contribution in [0.25, 0.3) is 0 Å². The second kappa shape index (κ2) is 4.97. The Morgan fingerprint density at radius 3 is 2.62 bits per heavy atom. The van der Waals surface area contributed by atoms with Gasteiger partial charge in [-0.2, -0.15) is 0 Å². The smallest absolute Gasteiger partial charge is 0.147 e. The summed E-state index contributed by atoms with van der Waals surface area (Å²) >= 11 is 0. The molecule has 84 valence electrons. The van der Waals surface area contributed by atoms with Crippen molar-refractivity contribution in [1.29, 1.82) is 0 Å². The lowest BCUT2D eigenvalue weighted by Gasteiger charge is -2.19. The van der Waals surface area contributed by atoms with Gasteiger partial charge in [-0.15, -0.1) is 0 Å². The van der Waals surface area contributed by atoms with Crippen LogP contribution in [0.2, 0.25) is 0 Å². The largest absolute Gasteiger partial charge is 0.497 e. The molecular formula is C14H16O2. The molecule has 0 spiro atoms. The Morgan fingerprint density at radius 1 is 1.25 bits per heavy atom. The van der Waals surface area contributed by atoms with Gasteiger partial charge in [0.1, 0.15) is 11.5 Å². The zero-order valence-corrected chi connectivity index (χ0v) is 9.43. The van der Waals surface area contributed by atoms with Gasteiger partial charge in [0.25, 0.3) is 0 Å². The highest BCUT2D eigenvalue weighted by molar-refractivity contribution is 5.87. The number of carbonyl (C=O) groups excluding carboxylic acids is 1. The van der Waals surface area contributed by atoms with Crippen molar-refractivity contribution in [3.8, 4) is 0 Å². The SMILES string of the molecule is COC1=CCC(C(=O)C2C=CC=CC2)C=C1. The topological polar surface area (TPSA) is 26.3 Å². The number of methoxy groups -OCH3 is 1. The minimum atomic E-state index is 0.0139. The van der Waals surface area contributed by atoms with Gasteiger partial charge in [-0.3, -0.25) is 4.79 Å². The summed E-state index contributed by atoms with van der Waals surface area (Å²) in [5, 5.41) is 0. The van der Waals surface area contributed by atoms with Crippen molar-refractivity contribution in [1.82, 2.24) is 0 Å². The minimum Gasteiger partial charge on any atom is -0.497 e. The maximum atomic E-state index is 12.1. The zero-order chi connectivity index (χ0) is 11.4. The molecule has 2 nitrogen and oxygen atoms in total. The number of carbonyl (C=O) groups is 1. The molecule has 2 heteroatoms. The van der Waals surface area contributed by atoms with E-state index in [1.165, 1.54) is 0 Å². The fraction of sp³-hybridized carbons (Fsp3) is 0.357. The van der Waals surface area contributed by atoms with Crippen LogP contribution in [-0.2, 0) is 9.53 Å². The molecule has 0 heterocycles. The maximum Gasteiger partial charge on any atom is 0.147 e. The Balaban J connectivity index is 1.97. The molecule has 0 fully saturated rings. The van der Waals surface area contributed by atoms with Crippen molar-refractivity contribution in [3.63, 3.8) is 0 Å². The van der Waals surface area contributed by atoms with Crippen LogP contribution in [0, 0.1) is 11.8 Å².